The fourth-order valence-corrected chi connectivity index (χ4v) is 3.95. The molecule has 0 saturated carbocycles. The summed E-state index contributed by atoms with van der Waals surface area (Å²) in [6, 6.07) is 7.48. The Kier molecular flexibility index (Phi) is 5.41. The molecule has 1 aromatic carbocycles. The first kappa shape index (κ1) is 18.2. The lowest BCUT2D eigenvalue weighted by molar-refractivity contribution is 0.0601. The van der Waals surface area contributed by atoms with Crippen LogP contribution in [0.15, 0.2) is 24.3 Å². The first-order chi connectivity index (χ1) is 12.5. The van der Waals surface area contributed by atoms with E-state index in [1.165, 1.54) is 7.11 Å². The van der Waals surface area contributed by atoms with Crippen LogP contribution in [-0.2, 0) is 4.74 Å². The Balaban J connectivity index is 1.80. The number of hydrogen-bond acceptors (Lipinski definition) is 6. The minimum atomic E-state index is -0.502. The quantitative estimate of drug-likeness (QED) is 0.826. The molecule has 26 heavy (non-hydrogen) atoms. The largest absolute Gasteiger partial charge is 0.497 e. The van der Waals surface area contributed by atoms with E-state index in [0.717, 1.165) is 35.7 Å². The summed E-state index contributed by atoms with van der Waals surface area (Å²) in [7, 11) is 2.93. The second-order valence-corrected chi connectivity index (χ2v) is 6.80. The predicted octanol–water partition coefficient (Wildman–Crippen LogP) is 3.62. The standard InChI is InChI=1S/C18H21N3O4S/c1-11-15(17(22)25-3)16(26-20-11)19-18(23)21-9-5-8-14(21)12-6-4-7-13(10-12)24-2/h4,6-7,10,14H,5,8-9H2,1-3H3,(H,19,23). The van der Waals surface area contributed by atoms with E-state index in [1.54, 1.807) is 18.9 Å². The number of hydrogen-bond donors (Lipinski definition) is 1. The number of esters is 1. The minimum absolute atomic E-state index is 0.0271. The van der Waals surface area contributed by atoms with Gasteiger partial charge >= 0.3 is 12.0 Å². The molecule has 0 aliphatic carbocycles. The molecule has 138 valence electrons. The van der Waals surface area contributed by atoms with Gasteiger partial charge in [-0.25, -0.2) is 9.59 Å². The molecule has 8 heteroatoms. The number of methoxy groups -OCH3 is 2. The lowest BCUT2D eigenvalue weighted by atomic mass is 10.0. The lowest BCUT2D eigenvalue weighted by Gasteiger charge is -2.25. The maximum atomic E-state index is 12.8. The van der Waals surface area contributed by atoms with E-state index in [0.29, 0.717) is 22.8 Å². The van der Waals surface area contributed by atoms with Crippen LogP contribution in [-0.4, -0.2) is 42.0 Å². The van der Waals surface area contributed by atoms with E-state index in [1.807, 2.05) is 24.3 Å². The minimum Gasteiger partial charge on any atom is -0.497 e. The van der Waals surface area contributed by atoms with Crippen LogP contribution < -0.4 is 10.1 Å². The number of likely N-dealkylation sites (tertiary alicyclic amines) is 1. The number of anilines is 1. The molecule has 1 saturated heterocycles. The van der Waals surface area contributed by atoms with Crippen molar-refractivity contribution in [2.75, 3.05) is 26.1 Å². The molecule has 1 aliphatic rings. The molecule has 2 heterocycles. The van der Waals surface area contributed by atoms with Crippen molar-refractivity contribution in [3.8, 4) is 5.75 Å². The fourth-order valence-electron chi connectivity index (χ4n) is 3.17. The Bertz CT molecular complexity index is 821. The average molecular weight is 375 g/mol. The van der Waals surface area contributed by atoms with Crippen LogP contribution in [0, 0.1) is 6.92 Å². The summed E-state index contributed by atoms with van der Waals surface area (Å²) in [4.78, 5) is 26.6. The van der Waals surface area contributed by atoms with Gasteiger partial charge in [0.2, 0.25) is 0 Å². The number of rotatable bonds is 4. The summed E-state index contributed by atoms with van der Waals surface area (Å²) in [5.74, 6) is 0.262. The highest BCUT2D eigenvalue weighted by Crippen LogP contribution is 2.34. The summed E-state index contributed by atoms with van der Waals surface area (Å²) in [6.45, 7) is 2.37. The van der Waals surface area contributed by atoms with E-state index in [4.69, 9.17) is 9.47 Å². The van der Waals surface area contributed by atoms with Crippen LogP contribution in [0.2, 0.25) is 0 Å². The predicted molar refractivity (Wildman–Crippen MR) is 98.9 cm³/mol. The number of nitrogens with one attached hydrogen (secondary N) is 1. The number of nitrogens with zero attached hydrogens (tertiary/aromatic N) is 2. The Hall–Kier alpha value is -2.61. The molecule has 1 atom stereocenters. The number of carbonyl (C=O) groups is 2. The molecule has 0 bridgehead atoms. The SMILES string of the molecule is COC(=O)c1c(C)nsc1NC(=O)N1CCCC1c1cccc(OC)c1. The zero-order valence-electron chi connectivity index (χ0n) is 14.9. The van der Waals surface area contributed by atoms with Gasteiger partial charge in [-0.05, 0) is 49.0 Å². The molecule has 7 nitrogen and oxygen atoms in total. The van der Waals surface area contributed by atoms with Crippen molar-refractivity contribution < 1.29 is 19.1 Å². The van der Waals surface area contributed by atoms with Crippen molar-refractivity contribution in [2.45, 2.75) is 25.8 Å². The van der Waals surface area contributed by atoms with Crippen molar-refractivity contribution in [3.63, 3.8) is 0 Å². The van der Waals surface area contributed by atoms with E-state index in [9.17, 15) is 9.59 Å². The van der Waals surface area contributed by atoms with Gasteiger partial charge in [0.25, 0.3) is 0 Å². The monoisotopic (exact) mass is 375 g/mol. The van der Waals surface area contributed by atoms with Gasteiger partial charge in [0.05, 0.1) is 26.0 Å². The maximum absolute atomic E-state index is 12.8. The van der Waals surface area contributed by atoms with Crippen LogP contribution in [0.5, 0.6) is 5.75 Å². The normalized spacial score (nSPS) is 16.4. The molecule has 1 aromatic heterocycles. The van der Waals surface area contributed by atoms with Gasteiger partial charge in [-0.3, -0.25) is 5.32 Å². The summed E-state index contributed by atoms with van der Waals surface area (Å²) in [6.07, 6.45) is 1.80. The Morgan fingerprint density at radius 2 is 2.15 bits per heavy atom. The van der Waals surface area contributed by atoms with Crippen molar-refractivity contribution in [2.24, 2.45) is 0 Å². The van der Waals surface area contributed by atoms with E-state index in [-0.39, 0.29) is 12.1 Å². The van der Waals surface area contributed by atoms with Gasteiger partial charge in [0.15, 0.2) is 0 Å². The first-order valence-corrected chi connectivity index (χ1v) is 9.08. The van der Waals surface area contributed by atoms with E-state index >= 15 is 0 Å². The molecular weight excluding hydrogens is 354 g/mol. The van der Waals surface area contributed by atoms with Crippen molar-refractivity contribution in [1.29, 1.82) is 0 Å². The number of amides is 2. The van der Waals surface area contributed by atoms with Crippen molar-refractivity contribution in [1.82, 2.24) is 9.27 Å². The molecule has 0 spiro atoms. The maximum Gasteiger partial charge on any atom is 0.342 e. The zero-order valence-corrected chi connectivity index (χ0v) is 15.8. The summed E-state index contributed by atoms with van der Waals surface area (Å²) >= 11 is 1.08. The number of carbonyl (C=O) groups excluding carboxylic acids is 2. The van der Waals surface area contributed by atoms with Crippen LogP contribution in [0.1, 0.15) is 40.5 Å². The summed E-state index contributed by atoms with van der Waals surface area (Å²) < 4.78 is 14.2. The second-order valence-electron chi connectivity index (χ2n) is 6.02. The molecule has 2 aromatic rings. The molecule has 1 N–H and O–H groups in total. The number of aryl methyl sites for hydroxylation is 1. The van der Waals surface area contributed by atoms with E-state index in [2.05, 4.69) is 9.69 Å². The van der Waals surface area contributed by atoms with Crippen molar-refractivity contribution in [3.05, 3.63) is 41.1 Å². The number of benzene rings is 1. The van der Waals surface area contributed by atoms with Crippen molar-refractivity contribution >= 4 is 28.5 Å². The van der Waals surface area contributed by atoms with Gasteiger partial charge in [-0.1, -0.05) is 12.1 Å². The Labute approximate surface area is 156 Å². The van der Waals surface area contributed by atoms with Gasteiger partial charge in [-0.2, -0.15) is 4.37 Å². The van der Waals surface area contributed by atoms with Gasteiger partial charge in [0.1, 0.15) is 16.3 Å². The number of ether oxygens (including phenoxy) is 2. The summed E-state index contributed by atoms with van der Waals surface area (Å²) in [5.41, 5.74) is 1.89. The Morgan fingerprint density at radius 3 is 2.88 bits per heavy atom. The van der Waals surface area contributed by atoms with Crippen LogP contribution in [0.3, 0.4) is 0 Å². The second kappa shape index (κ2) is 7.74. The molecule has 1 unspecified atom stereocenters. The molecule has 2 amide bonds. The summed E-state index contributed by atoms with van der Waals surface area (Å²) in [5, 5.41) is 3.24. The fraction of sp³-hybridized carbons (Fsp3) is 0.389. The zero-order chi connectivity index (χ0) is 18.7. The third-order valence-corrected chi connectivity index (χ3v) is 5.32. The third-order valence-electron chi connectivity index (χ3n) is 4.46. The first-order valence-electron chi connectivity index (χ1n) is 8.31. The molecule has 0 radical (unpaired) electrons. The third kappa shape index (κ3) is 3.50. The number of urea groups is 1. The molecule has 3 rings (SSSR count). The Morgan fingerprint density at radius 1 is 1.35 bits per heavy atom. The van der Waals surface area contributed by atoms with E-state index < -0.39 is 5.97 Å². The van der Waals surface area contributed by atoms with Crippen LogP contribution in [0.25, 0.3) is 0 Å². The van der Waals surface area contributed by atoms with Crippen LogP contribution >= 0.6 is 11.5 Å². The van der Waals surface area contributed by atoms with Gasteiger partial charge in [0, 0.05) is 6.54 Å². The highest BCUT2D eigenvalue weighted by Gasteiger charge is 2.31. The van der Waals surface area contributed by atoms with Crippen LogP contribution in [0.4, 0.5) is 9.80 Å². The molecule has 1 aliphatic heterocycles. The van der Waals surface area contributed by atoms with Gasteiger partial charge in [-0.15, -0.1) is 0 Å². The highest BCUT2D eigenvalue weighted by atomic mass is 32.1. The molecule has 1 fully saturated rings. The topological polar surface area (TPSA) is 80.8 Å². The smallest absolute Gasteiger partial charge is 0.342 e. The average Bonchev–Trinajstić information content (AvgIpc) is 3.28. The lowest BCUT2D eigenvalue weighted by Crippen LogP contribution is -2.34. The van der Waals surface area contributed by atoms with Gasteiger partial charge < -0.3 is 14.4 Å². The highest BCUT2D eigenvalue weighted by molar-refractivity contribution is 7.11. The molecular formula is C18H21N3O4S. The number of aromatic nitrogens is 1.